The highest BCUT2D eigenvalue weighted by atomic mass is 16.6. The zero-order valence-electron chi connectivity index (χ0n) is 34.1. The van der Waals surface area contributed by atoms with Gasteiger partial charge in [-0.1, -0.05) is 53.8 Å². The van der Waals surface area contributed by atoms with E-state index in [4.69, 9.17) is 24.2 Å². The van der Waals surface area contributed by atoms with Gasteiger partial charge < -0.3 is 29.3 Å². The number of hydrogen-bond acceptors (Lipinski definition) is 13. The maximum absolute atomic E-state index is 6.92. The van der Waals surface area contributed by atoms with Crippen LogP contribution in [0.1, 0.15) is 37.8 Å². The van der Waals surface area contributed by atoms with Crippen molar-refractivity contribution < 1.29 is 14.2 Å². The van der Waals surface area contributed by atoms with Gasteiger partial charge in [0.15, 0.2) is 11.9 Å². The lowest BCUT2D eigenvalue weighted by Gasteiger charge is -2.66. The van der Waals surface area contributed by atoms with E-state index >= 15 is 0 Å². The van der Waals surface area contributed by atoms with E-state index < -0.39 is 5.66 Å². The summed E-state index contributed by atoms with van der Waals surface area (Å²) in [6.45, 7) is 11.6. The highest BCUT2D eigenvalue weighted by Gasteiger charge is 2.62. The predicted molar refractivity (Wildman–Crippen MR) is 229 cm³/mol. The Morgan fingerprint density at radius 2 is 1.34 bits per heavy atom. The van der Waals surface area contributed by atoms with E-state index in [1.807, 2.05) is 0 Å². The maximum Gasteiger partial charge on any atom is 0.199 e. The van der Waals surface area contributed by atoms with Gasteiger partial charge in [-0.05, 0) is 68.5 Å². The third-order valence-electron chi connectivity index (χ3n) is 13.1. The first-order valence-corrected chi connectivity index (χ1v) is 22.1. The van der Waals surface area contributed by atoms with Crippen molar-refractivity contribution in [1.82, 2.24) is 45.2 Å². The molecule has 13 heteroatoms. The molecule has 59 heavy (non-hydrogen) atoms. The van der Waals surface area contributed by atoms with Gasteiger partial charge in [-0.25, -0.2) is 25.0 Å². The Morgan fingerprint density at radius 3 is 2.12 bits per heavy atom. The number of nitrogens with zero attached hydrogens (tertiary/aromatic N) is 9. The molecule has 6 aliphatic rings. The van der Waals surface area contributed by atoms with Gasteiger partial charge in [-0.3, -0.25) is 4.90 Å². The zero-order valence-corrected chi connectivity index (χ0v) is 34.1. The molecule has 2 atom stereocenters. The number of piperazine rings is 1. The molecule has 0 aliphatic carbocycles. The van der Waals surface area contributed by atoms with Crippen molar-refractivity contribution in [2.24, 2.45) is 0 Å². The largest absolute Gasteiger partial charge is 0.378 e. The summed E-state index contributed by atoms with van der Waals surface area (Å²) in [5, 5.41) is 17.3. The molecular weight excluding hydrogens is 741 g/mol. The van der Waals surface area contributed by atoms with Gasteiger partial charge in [0.1, 0.15) is 11.5 Å². The first-order chi connectivity index (χ1) is 29.3. The minimum atomic E-state index is -0.926. The molecule has 0 bridgehead atoms. The molecule has 2 aromatic heterocycles. The fourth-order valence-electron chi connectivity index (χ4n) is 10.4. The van der Waals surface area contributed by atoms with E-state index in [1.165, 1.54) is 17.9 Å². The van der Waals surface area contributed by atoms with E-state index in [0.29, 0.717) is 33.0 Å². The van der Waals surface area contributed by atoms with Crippen molar-refractivity contribution in [3.05, 3.63) is 102 Å². The van der Waals surface area contributed by atoms with Crippen LogP contribution in [0.15, 0.2) is 96.4 Å². The molecule has 308 valence electrons. The monoisotopic (exact) mass is 796 g/mol. The van der Waals surface area contributed by atoms with E-state index in [1.54, 1.807) is 0 Å². The number of morpholine rings is 1. The number of benzene rings is 3. The van der Waals surface area contributed by atoms with Crippen LogP contribution < -0.4 is 10.3 Å². The minimum absolute atomic E-state index is 0.362. The number of piperidine rings is 1. The smallest absolute Gasteiger partial charge is 0.199 e. The molecule has 0 spiro atoms. The molecule has 6 aliphatic heterocycles. The summed E-state index contributed by atoms with van der Waals surface area (Å²) in [7, 11) is 0. The van der Waals surface area contributed by atoms with Gasteiger partial charge in [-0.2, -0.15) is 0 Å². The molecule has 1 N–H and O–H groups in total. The number of para-hydroxylation sites is 2. The van der Waals surface area contributed by atoms with Crippen LogP contribution in [0.3, 0.4) is 0 Å². The SMILES string of the molecule is c1ccc2nc(C3(N4CCNCC4)C(N4CCOCC4)=C(N4CCCCC4)N(C4COCCO4)N(N4CCCC4)N3c3cccc4nc5ccccc5cc34)ccc2c1. The van der Waals surface area contributed by atoms with Crippen LogP contribution in [-0.2, 0) is 19.9 Å². The van der Waals surface area contributed by atoms with Crippen LogP contribution in [0.4, 0.5) is 5.69 Å². The Bertz CT molecular complexity index is 2310. The average molecular weight is 797 g/mol. The summed E-state index contributed by atoms with van der Waals surface area (Å²) in [4.78, 5) is 19.2. The number of aromatic nitrogens is 2. The number of likely N-dealkylation sites (tertiary alicyclic amines) is 1. The lowest BCUT2D eigenvalue weighted by Crippen LogP contribution is -2.79. The molecule has 8 heterocycles. The predicted octanol–water partition coefficient (Wildman–Crippen LogP) is 5.32. The Balaban J connectivity index is 1.32. The molecule has 5 fully saturated rings. The molecule has 2 unspecified atom stereocenters. The van der Waals surface area contributed by atoms with Crippen molar-refractivity contribution in [3.8, 4) is 0 Å². The van der Waals surface area contributed by atoms with Crippen molar-refractivity contribution in [1.29, 1.82) is 0 Å². The average Bonchev–Trinajstić information content (AvgIpc) is 3.86. The van der Waals surface area contributed by atoms with Crippen molar-refractivity contribution in [2.75, 3.05) is 103 Å². The quantitative estimate of drug-likeness (QED) is 0.216. The highest BCUT2D eigenvalue weighted by Crippen LogP contribution is 2.53. The lowest BCUT2D eigenvalue weighted by molar-refractivity contribution is -0.294. The topological polar surface area (TPSA) is 88.2 Å². The second-order valence-electron chi connectivity index (χ2n) is 16.6. The third-order valence-corrected chi connectivity index (χ3v) is 13.1. The lowest BCUT2D eigenvalue weighted by atomic mass is 9.90. The van der Waals surface area contributed by atoms with Gasteiger partial charge in [0, 0.05) is 81.6 Å². The Morgan fingerprint density at radius 1 is 0.610 bits per heavy atom. The first-order valence-electron chi connectivity index (χ1n) is 22.1. The first kappa shape index (κ1) is 37.4. The summed E-state index contributed by atoms with van der Waals surface area (Å²) >= 11 is 0. The highest BCUT2D eigenvalue weighted by molar-refractivity contribution is 6.00. The number of fused-ring (bicyclic) bond motifs is 3. The molecular formula is C46H56N10O3. The summed E-state index contributed by atoms with van der Waals surface area (Å²) in [6, 6.07) is 30.7. The van der Waals surface area contributed by atoms with Crippen LogP contribution in [-0.4, -0.2) is 145 Å². The van der Waals surface area contributed by atoms with Crippen molar-refractivity contribution in [3.63, 3.8) is 0 Å². The molecule has 5 saturated heterocycles. The summed E-state index contributed by atoms with van der Waals surface area (Å²) < 4.78 is 19.5. The Kier molecular flexibility index (Phi) is 10.2. The normalized spacial score (nSPS) is 25.9. The van der Waals surface area contributed by atoms with E-state index in [9.17, 15) is 0 Å². The van der Waals surface area contributed by atoms with Gasteiger partial charge in [-0.15, -0.1) is 0 Å². The van der Waals surface area contributed by atoms with Gasteiger partial charge in [0.05, 0.1) is 61.0 Å². The molecule has 11 rings (SSSR count). The third kappa shape index (κ3) is 6.49. The van der Waals surface area contributed by atoms with Gasteiger partial charge in [0.2, 0.25) is 0 Å². The van der Waals surface area contributed by atoms with Crippen molar-refractivity contribution in [2.45, 2.75) is 44.0 Å². The van der Waals surface area contributed by atoms with Crippen LogP contribution in [0, 0.1) is 0 Å². The number of nitrogens with one attached hydrogen (secondary N) is 1. The molecule has 3 aromatic carbocycles. The standard InChI is InChI=1S/C46H56N10O3/c1-6-21-51(22-7-1)45-44(50-27-29-57-30-28-50)46(52-25-19-47-20-26-52,42-18-17-35-11-2-4-13-38(35)49-42)55(56(53-23-8-9-24-53)54(45)43-34-58-31-32-59-43)41-16-10-15-40-37(41)33-36-12-3-5-14-39(36)48-40/h2-5,10-18,33,43,47H,1,6-9,19-32,34H2. The minimum Gasteiger partial charge on any atom is -0.378 e. The van der Waals surface area contributed by atoms with Crippen LogP contribution >= 0.6 is 0 Å². The summed E-state index contributed by atoms with van der Waals surface area (Å²) in [6.07, 6.45) is 5.36. The second kappa shape index (κ2) is 16.1. The van der Waals surface area contributed by atoms with E-state index in [0.717, 1.165) is 135 Å². The number of pyridine rings is 2. The number of ether oxygens (including phenoxy) is 3. The summed E-state index contributed by atoms with van der Waals surface area (Å²) in [5.41, 5.74) is 5.34. The second-order valence-corrected chi connectivity index (χ2v) is 16.6. The Hall–Kier alpha value is -4.60. The Labute approximate surface area is 346 Å². The van der Waals surface area contributed by atoms with Crippen LogP contribution in [0.25, 0.3) is 32.7 Å². The van der Waals surface area contributed by atoms with E-state index in [2.05, 4.69) is 125 Å². The summed E-state index contributed by atoms with van der Waals surface area (Å²) in [5.74, 6) is 1.20. The van der Waals surface area contributed by atoms with Crippen LogP contribution in [0.2, 0.25) is 0 Å². The molecule has 13 nitrogen and oxygen atoms in total. The fourth-order valence-corrected chi connectivity index (χ4v) is 10.4. The molecule has 0 saturated carbocycles. The van der Waals surface area contributed by atoms with Gasteiger partial charge in [0.25, 0.3) is 0 Å². The molecule has 0 radical (unpaired) electrons. The number of hydrogen-bond donors (Lipinski definition) is 1. The van der Waals surface area contributed by atoms with Crippen molar-refractivity contribution >= 4 is 38.4 Å². The maximum atomic E-state index is 6.92. The number of hydrazine groups is 3. The fraction of sp³-hybridized carbons (Fsp3) is 0.478. The van der Waals surface area contributed by atoms with E-state index in [-0.39, 0.29) is 6.23 Å². The van der Waals surface area contributed by atoms with Gasteiger partial charge >= 0.3 is 0 Å². The number of rotatable bonds is 7. The zero-order chi connectivity index (χ0) is 39.2. The number of anilines is 1. The molecule has 0 amide bonds. The van der Waals surface area contributed by atoms with Crippen LogP contribution in [0.5, 0.6) is 0 Å². The molecule has 5 aromatic rings.